The monoisotopic (exact) mass is 555 g/mol. The molecule has 1 fully saturated rings. The molecule has 5 rings (SSSR count). The molecular weight excluding hydrogens is 535 g/mol. The predicted molar refractivity (Wildman–Crippen MR) is 142 cm³/mol. The Labute approximate surface area is 225 Å². The van der Waals surface area contributed by atoms with Crippen molar-refractivity contribution in [1.82, 2.24) is 4.90 Å². The normalized spacial score (nSPS) is 13.9. The quantitative estimate of drug-likeness (QED) is 0.333. The molecule has 1 saturated heterocycles. The molecule has 0 unspecified atom stereocenters. The molecule has 2 amide bonds. The van der Waals surface area contributed by atoms with E-state index in [1.54, 1.807) is 65.6 Å². The van der Waals surface area contributed by atoms with Crippen molar-refractivity contribution in [1.29, 1.82) is 0 Å². The van der Waals surface area contributed by atoms with Crippen LogP contribution in [0.4, 0.5) is 24.5 Å². The number of nitrogens with one attached hydrogen (secondary N) is 1. The highest BCUT2D eigenvalue weighted by Crippen LogP contribution is 2.31. The third-order valence-electron chi connectivity index (χ3n) is 6.43. The van der Waals surface area contributed by atoms with Gasteiger partial charge in [-0.3, -0.25) is 9.59 Å². The van der Waals surface area contributed by atoms with Gasteiger partial charge in [0.15, 0.2) is 0 Å². The van der Waals surface area contributed by atoms with Gasteiger partial charge in [0, 0.05) is 42.8 Å². The maximum atomic E-state index is 13.0. The van der Waals surface area contributed by atoms with Crippen LogP contribution in [0.15, 0.2) is 82.0 Å². The van der Waals surface area contributed by atoms with Gasteiger partial charge < -0.3 is 19.5 Å². The summed E-state index contributed by atoms with van der Waals surface area (Å²) < 4.78 is 43.5. The number of fused-ring (bicyclic) bond motifs is 1. The summed E-state index contributed by atoms with van der Waals surface area (Å²) in [4.78, 5) is 39.5. The largest absolute Gasteiger partial charge is 0.471 e. The molecule has 3 aromatic carbocycles. The fraction of sp³-hybridized carbons (Fsp3) is 0.179. The van der Waals surface area contributed by atoms with Crippen molar-refractivity contribution < 1.29 is 27.2 Å². The van der Waals surface area contributed by atoms with E-state index in [0.717, 1.165) is 10.3 Å². The average molecular weight is 556 g/mol. The molecule has 4 aromatic rings. The van der Waals surface area contributed by atoms with E-state index in [0.29, 0.717) is 38.7 Å². The number of hydrogen-bond donors (Lipinski definition) is 1. The Morgan fingerprint density at radius 3 is 2.36 bits per heavy atom. The Morgan fingerprint density at radius 1 is 0.897 bits per heavy atom. The summed E-state index contributed by atoms with van der Waals surface area (Å²) in [5.41, 5.74) is 2.11. The van der Waals surface area contributed by atoms with E-state index in [2.05, 4.69) is 5.32 Å². The molecule has 1 aliphatic heterocycles. The lowest BCUT2D eigenvalue weighted by molar-refractivity contribution is -0.185. The van der Waals surface area contributed by atoms with Crippen LogP contribution in [0.5, 0.6) is 0 Å². The standard InChI is InChI=1S/C28H21ClF3N3O4/c29-22-16-20(8-9-23(22)34-10-12-35(13-11-34)27(38)28(30,31)32)33-25(36)19-6-3-5-17(14-19)21-15-18-4-1-2-7-24(18)39-26(21)37/h1-9,14-16H,10-13H2,(H,33,36). The van der Waals surface area contributed by atoms with Gasteiger partial charge in [0.25, 0.3) is 5.91 Å². The number of alkyl halides is 3. The lowest BCUT2D eigenvalue weighted by atomic mass is 10.0. The second-order valence-electron chi connectivity index (χ2n) is 8.96. The molecule has 7 nitrogen and oxygen atoms in total. The first-order valence-electron chi connectivity index (χ1n) is 12.0. The first-order chi connectivity index (χ1) is 18.6. The van der Waals surface area contributed by atoms with Crippen LogP contribution >= 0.6 is 11.6 Å². The molecule has 0 spiro atoms. The number of amides is 2. The minimum absolute atomic E-state index is 0.0843. The summed E-state index contributed by atoms with van der Waals surface area (Å²) in [6, 6.07) is 20.3. The molecule has 0 bridgehead atoms. The summed E-state index contributed by atoms with van der Waals surface area (Å²) in [5.74, 6) is -2.28. The Bertz CT molecular complexity index is 1630. The van der Waals surface area contributed by atoms with Crippen LogP contribution in [0, 0.1) is 0 Å². The lowest BCUT2D eigenvalue weighted by Gasteiger charge is -2.36. The third-order valence-corrected chi connectivity index (χ3v) is 6.74. The van der Waals surface area contributed by atoms with Crippen LogP contribution in [0.25, 0.3) is 22.1 Å². The van der Waals surface area contributed by atoms with Crippen LogP contribution in [0.1, 0.15) is 10.4 Å². The topological polar surface area (TPSA) is 82.9 Å². The zero-order chi connectivity index (χ0) is 27.7. The van der Waals surface area contributed by atoms with Gasteiger partial charge in [0.2, 0.25) is 0 Å². The van der Waals surface area contributed by atoms with Gasteiger partial charge >= 0.3 is 17.7 Å². The molecule has 1 aliphatic rings. The van der Waals surface area contributed by atoms with Gasteiger partial charge in [-0.25, -0.2) is 4.79 Å². The smallest absolute Gasteiger partial charge is 0.422 e. The summed E-state index contributed by atoms with van der Waals surface area (Å²) in [5, 5.41) is 3.82. The fourth-order valence-electron chi connectivity index (χ4n) is 4.47. The van der Waals surface area contributed by atoms with Gasteiger partial charge in [-0.1, -0.05) is 41.9 Å². The van der Waals surface area contributed by atoms with Crippen molar-refractivity contribution in [3.05, 3.63) is 93.8 Å². The van der Waals surface area contributed by atoms with Crippen molar-refractivity contribution in [2.45, 2.75) is 6.18 Å². The fourth-order valence-corrected chi connectivity index (χ4v) is 4.77. The molecule has 0 aliphatic carbocycles. The van der Waals surface area contributed by atoms with Crippen LogP contribution in [-0.2, 0) is 4.79 Å². The first kappa shape index (κ1) is 26.3. The highest BCUT2D eigenvalue weighted by Gasteiger charge is 2.43. The Kier molecular flexibility index (Phi) is 7.05. The number of para-hydroxylation sites is 1. The van der Waals surface area contributed by atoms with Gasteiger partial charge in [-0.15, -0.1) is 0 Å². The van der Waals surface area contributed by atoms with Gasteiger partial charge in [0.05, 0.1) is 16.3 Å². The molecular formula is C28H21ClF3N3O4. The van der Waals surface area contributed by atoms with E-state index < -0.39 is 23.6 Å². The minimum atomic E-state index is -4.90. The summed E-state index contributed by atoms with van der Waals surface area (Å²) in [6.07, 6.45) is -4.90. The molecule has 2 heterocycles. The third kappa shape index (κ3) is 5.61. The van der Waals surface area contributed by atoms with Crippen molar-refractivity contribution in [3.63, 3.8) is 0 Å². The highest BCUT2D eigenvalue weighted by atomic mass is 35.5. The molecule has 11 heteroatoms. The number of rotatable bonds is 4. The number of piperazine rings is 1. The second kappa shape index (κ2) is 10.5. The molecule has 1 aromatic heterocycles. The van der Waals surface area contributed by atoms with E-state index in [-0.39, 0.29) is 26.2 Å². The maximum Gasteiger partial charge on any atom is 0.471 e. The SMILES string of the molecule is O=C(Nc1ccc(N2CCN(C(=O)C(F)(F)F)CC2)c(Cl)c1)c1cccc(-c2cc3ccccc3oc2=O)c1. The van der Waals surface area contributed by atoms with E-state index >= 15 is 0 Å². The number of carbonyl (C=O) groups is 2. The number of hydrogen-bond acceptors (Lipinski definition) is 5. The molecule has 1 N–H and O–H groups in total. The molecule has 200 valence electrons. The average Bonchev–Trinajstić information content (AvgIpc) is 2.92. The van der Waals surface area contributed by atoms with Crippen molar-refractivity contribution in [3.8, 4) is 11.1 Å². The number of anilines is 2. The number of nitrogens with zero attached hydrogens (tertiary/aromatic N) is 2. The lowest BCUT2D eigenvalue weighted by Crippen LogP contribution is -2.52. The number of carbonyl (C=O) groups excluding carboxylic acids is 2. The van der Waals surface area contributed by atoms with E-state index in [9.17, 15) is 27.6 Å². The zero-order valence-corrected chi connectivity index (χ0v) is 21.1. The van der Waals surface area contributed by atoms with E-state index in [1.807, 2.05) is 12.1 Å². The number of halogens is 4. The molecule has 0 atom stereocenters. The van der Waals surface area contributed by atoms with Gasteiger partial charge in [0.1, 0.15) is 5.58 Å². The Morgan fingerprint density at radius 2 is 1.64 bits per heavy atom. The molecule has 0 radical (unpaired) electrons. The van der Waals surface area contributed by atoms with Gasteiger partial charge in [-0.2, -0.15) is 13.2 Å². The van der Waals surface area contributed by atoms with Crippen molar-refractivity contribution in [2.75, 3.05) is 36.4 Å². The molecule has 39 heavy (non-hydrogen) atoms. The second-order valence-corrected chi connectivity index (χ2v) is 9.37. The summed E-state index contributed by atoms with van der Waals surface area (Å²) >= 11 is 6.44. The van der Waals surface area contributed by atoms with Crippen LogP contribution in [0.2, 0.25) is 5.02 Å². The first-order valence-corrected chi connectivity index (χ1v) is 12.3. The van der Waals surface area contributed by atoms with Crippen molar-refractivity contribution >= 4 is 45.8 Å². The Hall–Kier alpha value is -4.31. The summed E-state index contributed by atoms with van der Waals surface area (Å²) in [6.45, 7) is 0.198. The predicted octanol–water partition coefficient (Wildman–Crippen LogP) is 5.58. The van der Waals surface area contributed by atoms with Crippen LogP contribution in [-0.4, -0.2) is 49.1 Å². The minimum Gasteiger partial charge on any atom is -0.422 e. The van der Waals surface area contributed by atoms with Gasteiger partial charge in [-0.05, 0) is 48.0 Å². The maximum absolute atomic E-state index is 13.0. The van der Waals surface area contributed by atoms with E-state index in [4.69, 9.17) is 16.0 Å². The van der Waals surface area contributed by atoms with E-state index in [1.165, 1.54) is 0 Å². The number of benzene rings is 3. The van der Waals surface area contributed by atoms with Crippen LogP contribution in [0.3, 0.4) is 0 Å². The summed E-state index contributed by atoms with van der Waals surface area (Å²) in [7, 11) is 0. The Balaban J connectivity index is 1.28. The van der Waals surface area contributed by atoms with Crippen molar-refractivity contribution in [2.24, 2.45) is 0 Å². The van der Waals surface area contributed by atoms with Crippen LogP contribution < -0.4 is 15.8 Å². The highest BCUT2D eigenvalue weighted by molar-refractivity contribution is 6.33. The molecule has 0 saturated carbocycles. The zero-order valence-electron chi connectivity index (χ0n) is 20.3.